The number of aliphatic hydroxyl groups is 3. The molecule has 0 bridgehead atoms. The van der Waals surface area contributed by atoms with Gasteiger partial charge in [0.1, 0.15) is 5.78 Å². The van der Waals surface area contributed by atoms with Crippen molar-refractivity contribution in [2.75, 3.05) is 0 Å². The molecule has 0 aliphatic heterocycles. The molecule has 0 radical (unpaired) electrons. The van der Waals surface area contributed by atoms with Crippen molar-refractivity contribution in [1.29, 1.82) is 0 Å². The highest BCUT2D eigenvalue weighted by Crippen LogP contribution is 2.49. The van der Waals surface area contributed by atoms with Gasteiger partial charge in [0.2, 0.25) is 0 Å². The molecular formula is C20H32O5. The van der Waals surface area contributed by atoms with Crippen LogP contribution in [-0.4, -0.2) is 44.2 Å². The molecule has 3 N–H and O–H groups in total. The molecule has 2 aliphatic carbocycles. The number of hydrogen-bond acceptors (Lipinski definition) is 5. The summed E-state index contributed by atoms with van der Waals surface area (Å²) in [6.45, 7) is 8.85. The Morgan fingerprint density at radius 1 is 1.16 bits per heavy atom. The minimum atomic E-state index is -1.56. The van der Waals surface area contributed by atoms with Crippen molar-refractivity contribution in [1.82, 2.24) is 0 Å². The van der Waals surface area contributed by atoms with Crippen LogP contribution in [0.15, 0.2) is 11.6 Å². The Labute approximate surface area is 150 Å². The van der Waals surface area contributed by atoms with E-state index in [1.165, 1.54) is 13.0 Å². The first kappa shape index (κ1) is 20.3. The highest BCUT2D eigenvalue weighted by atomic mass is 16.3. The number of hydrogen-bond donors (Lipinski definition) is 3. The van der Waals surface area contributed by atoms with Crippen molar-refractivity contribution >= 4 is 11.6 Å². The Bertz CT molecular complexity index is 573. The van der Waals surface area contributed by atoms with Crippen molar-refractivity contribution in [3.05, 3.63) is 11.6 Å². The number of aliphatic hydroxyl groups excluding tert-OH is 1. The van der Waals surface area contributed by atoms with Crippen LogP contribution in [0.4, 0.5) is 0 Å². The summed E-state index contributed by atoms with van der Waals surface area (Å²) in [5, 5.41) is 32.4. The summed E-state index contributed by atoms with van der Waals surface area (Å²) in [5.74, 6) is -2.25. The third-order valence-corrected chi connectivity index (χ3v) is 6.05. The zero-order valence-electron chi connectivity index (χ0n) is 16.0. The molecule has 6 atom stereocenters. The van der Waals surface area contributed by atoms with Crippen LogP contribution in [0.1, 0.15) is 60.3 Å². The van der Waals surface area contributed by atoms with Gasteiger partial charge in [-0.25, -0.2) is 0 Å². The second-order valence-corrected chi connectivity index (χ2v) is 8.91. The minimum Gasteiger partial charge on any atom is -0.393 e. The van der Waals surface area contributed by atoms with E-state index >= 15 is 0 Å². The van der Waals surface area contributed by atoms with Gasteiger partial charge < -0.3 is 15.3 Å². The Morgan fingerprint density at radius 3 is 2.32 bits per heavy atom. The van der Waals surface area contributed by atoms with E-state index in [0.29, 0.717) is 12.8 Å². The van der Waals surface area contributed by atoms with Crippen molar-refractivity contribution in [3.63, 3.8) is 0 Å². The highest BCUT2D eigenvalue weighted by molar-refractivity contribution is 5.91. The first-order valence-corrected chi connectivity index (χ1v) is 9.23. The first-order valence-electron chi connectivity index (χ1n) is 9.23. The van der Waals surface area contributed by atoms with E-state index in [1.807, 2.05) is 20.8 Å². The maximum atomic E-state index is 13.3. The van der Waals surface area contributed by atoms with Gasteiger partial charge >= 0.3 is 0 Å². The number of ketones is 2. The summed E-state index contributed by atoms with van der Waals surface area (Å²) in [5.41, 5.74) is -2.06. The molecule has 0 spiro atoms. The van der Waals surface area contributed by atoms with Crippen molar-refractivity contribution in [2.45, 2.75) is 77.6 Å². The SMILES string of the molecule is C/C1=C/C(=O)C[C@@](C)(O)[C@H]2[C@H](O)C[C@](C)(O)[C@@H]2C(=O)[C@H](C(C)C)CC1. The molecule has 0 unspecified atom stereocenters. The molecule has 5 heteroatoms. The van der Waals surface area contributed by atoms with Gasteiger partial charge in [-0.05, 0) is 45.6 Å². The van der Waals surface area contributed by atoms with Gasteiger partial charge in [0.25, 0.3) is 0 Å². The molecule has 0 saturated heterocycles. The summed E-state index contributed by atoms with van der Waals surface area (Å²) in [7, 11) is 0. The van der Waals surface area contributed by atoms with Crippen LogP contribution in [0.2, 0.25) is 0 Å². The van der Waals surface area contributed by atoms with Crippen molar-refractivity contribution in [3.8, 4) is 0 Å². The molecule has 0 aromatic rings. The maximum Gasteiger partial charge on any atom is 0.158 e. The number of carbonyl (C=O) groups is 2. The fraction of sp³-hybridized carbons (Fsp3) is 0.800. The monoisotopic (exact) mass is 352 g/mol. The molecule has 1 fully saturated rings. The fourth-order valence-electron chi connectivity index (χ4n) is 4.83. The molecule has 25 heavy (non-hydrogen) atoms. The molecular weight excluding hydrogens is 320 g/mol. The molecule has 0 aromatic carbocycles. The molecule has 0 aromatic heterocycles. The average molecular weight is 352 g/mol. The van der Waals surface area contributed by atoms with Crippen molar-refractivity contribution < 1.29 is 24.9 Å². The molecule has 0 heterocycles. The van der Waals surface area contributed by atoms with Crippen LogP contribution in [0.25, 0.3) is 0 Å². The molecule has 0 amide bonds. The van der Waals surface area contributed by atoms with Crippen molar-refractivity contribution in [2.24, 2.45) is 23.7 Å². The fourth-order valence-corrected chi connectivity index (χ4v) is 4.83. The van der Waals surface area contributed by atoms with Gasteiger partial charge in [0, 0.05) is 24.7 Å². The average Bonchev–Trinajstić information content (AvgIpc) is 2.65. The summed E-state index contributed by atoms with van der Waals surface area (Å²) in [6.07, 6.45) is 1.60. The van der Waals surface area contributed by atoms with Crippen LogP contribution in [0, 0.1) is 23.7 Å². The van der Waals surface area contributed by atoms with E-state index in [0.717, 1.165) is 5.57 Å². The van der Waals surface area contributed by atoms with Crippen LogP contribution in [-0.2, 0) is 9.59 Å². The van der Waals surface area contributed by atoms with Gasteiger partial charge in [-0.3, -0.25) is 9.59 Å². The standard InChI is InChI=1S/C20H32O5/c1-11(2)14-7-6-12(3)8-13(21)9-19(4,24)16-15(22)10-20(5,25)17(16)18(14)23/h8,11,14-17,22,24-25H,6-7,9-10H2,1-5H3/b12-8-/t14-,15+,16-,17-,19+,20-/m0/s1. The second-order valence-electron chi connectivity index (χ2n) is 8.91. The quantitative estimate of drug-likeness (QED) is 0.671. The second kappa shape index (κ2) is 6.93. The third-order valence-electron chi connectivity index (χ3n) is 6.05. The Hall–Kier alpha value is -1.04. The summed E-state index contributed by atoms with van der Waals surface area (Å²) < 4.78 is 0. The molecule has 5 nitrogen and oxygen atoms in total. The lowest BCUT2D eigenvalue weighted by Crippen LogP contribution is -2.50. The predicted molar refractivity (Wildman–Crippen MR) is 94.8 cm³/mol. The first-order chi connectivity index (χ1) is 11.4. The summed E-state index contributed by atoms with van der Waals surface area (Å²) in [4.78, 5) is 25.7. The Balaban J connectivity index is 2.55. The number of fused-ring (bicyclic) bond motifs is 1. The van der Waals surface area contributed by atoms with Gasteiger partial charge in [0.15, 0.2) is 5.78 Å². The van der Waals surface area contributed by atoms with Crippen LogP contribution < -0.4 is 0 Å². The normalized spacial score (nSPS) is 45.7. The van der Waals surface area contributed by atoms with E-state index in [-0.39, 0.29) is 36.2 Å². The number of allylic oxidation sites excluding steroid dienone is 2. The maximum absolute atomic E-state index is 13.3. The zero-order chi connectivity index (χ0) is 19.2. The van der Waals surface area contributed by atoms with E-state index in [9.17, 15) is 24.9 Å². The highest BCUT2D eigenvalue weighted by Gasteiger charge is 2.59. The molecule has 1 saturated carbocycles. The topological polar surface area (TPSA) is 94.8 Å². The van der Waals surface area contributed by atoms with E-state index < -0.39 is 29.1 Å². The molecule has 2 aliphatic rings. The number of carbonyl (C=O) groups excluding carboxylic acids is 2. The van der Waals surface area contributed by atoms with Gasteiger partial charge in [-0.2, -0.15) is 0 Å². The lowest BCUT2D eigenvalue weighted by Gasteiger charge is -2.39. The number of Topliss-reactive ketones (excluding diaryl/α,β-unsaturated/α-hetero) is 1. The number of rotatable bonds is 1. The predicted octanol–water partition coefficient (Wildman–Crippen LogP) is 2.03. The lowest BCUT2D eigenvalue weighted by atomic mass is 9.69. The lowest BCUT2D eigenvalue weighted by molar-refractivity contribution is -0.147. The van der Waals surface area contributed by atoms with Gasteiger partial charge in [0.05, 0.1) is 23.2 Å². The summed E-state index contributed by atoms with van der Waals surface area (Å²) in [6, 6.07) is 0. The molecule has 142 valence electrons. The van der Waals surface area contributed by atoms with Crippen LogP contribution >= 0.6 is 0 Å². The largest absolute Gasteiger partial charge is 0.393 e. The van der Waals surface area contributed by atoms with E-state index in [1.54, 1.807) is 6.92 Å². The summed E-state index contributed by atoms with van der Waals surface area (Å²) >= 11 is 0. The van der Waals surface area contributed by atoms with E-state index in [4.69, 9.17) is 0 Å². The van der Waals surface area contributed by atoms with Crippen LogP contribution in [0.3, 0.4) is 0 Å². The van der Waals surface area contributed by atoms with Gasteiger partial charge in [-0.15, -0.1) is 0 Å². The van der Waals surface area contributed by atoms with Crippen LogP contribution in [0.5, 0.6) is 0 Å². The van der Waals surface area contributed by atoms with Gasteiger partial charge in [-0.1, -0.05) is 19.4 Å². The minimum absolute atomic E-state index is 0.0259. The smallest absolute Gasteiger partial charge is 0.158 e. The third kappa shape index (κ3) is 4.04. The Kier molecular flexibility index (Phi) is 5.62. The molecule has 2 rings (SSSR count). The Morgan fingerprint density at radius 2 is 1.76 bits per heavy atom. The van der Waals surface area contributed by atoms with E-state index in [2.05, 4.69) is 0 Å². The zero-order valence-corrected chi connectivity index (χ0v) is 16.0.